The van der Waals surface area contributed by atoms with Gasteiger partial charge in [0.2, 0.25) is 5.91 Å². The standard InChI is InChI=1S/C21H23ClF3N3O2/c1-14(20(29)26-19-8-3-15(22)13-18(19)21(23,24)25)27-9-11-28(12-10-27)16-4-6-17(30-2)7-5-16/h3-8,13-14H,9-12H2,1-2H3,(H,26,29). The number of hydrogen-bond donors (Lipinski definition) is 1. The van der Waals surface area contributed by atoms with Gasteiger partial charge in [0.1, 0.15) is 5.75 Å². The van der Waals surface area contributed by atoms with E-state index in [4.69, 9.17) is 16.3 Å². The summed E-state index contributed by atoms with van der Waals surface area (Å²) < 4.78 is 44.9. The molecule has 1 aliphatic heterocycles. The summed E-state index contributed by atoms with van der Waals surface area (Å²) in [7, 11) is 1.61. The van der Waals surface area contributed by atoms with Crippen LogP contribution in [0.15, 0.2) is 42.5 Å². The molecule has 2 aromatic carbocycles. The number of methoxy groups -OCH3 is 1. The monoisotopic (exact) mass is 441 g/mol. The number of carbonyl (C=O) groups excluding carboxylic acids is 1. The first-order valence-corrected chi connectivity index (χ1v) is 9.87. The fourth-order valence-electron chi connectivity index (χ4n) is 3.42. The molecular formula is C21H23ClF3N3O2. The van der Waals surface area contributed by atoms with Crippen LogP contribution in [0.1, 0.15) is 12.5 Å². The highest BCUT2D eigenvalue weighted by Crippen LogP contribution is 2.36. The van der Waals surface area contributed by atoms with Gasteiger partial charge in [-0.25, -0.2) is 0 Å². The summed E-state index contributed by atoms with van der Waals surface area (Å²) in [4.78, 5) is 16.8. The lowest BCUT2D eigenvalue weighted by Gasteiger charge is -2.38. The molecule has 1 atom stereocenters. The van der Waals surface area contributed by atoms with Crippen LogP contribution in [0.3, 0.4) is 0 Å². The van der Waals surface area contributed by atoms with Crippen LogP contribution in [-0.2, 0) is 11.0 Å². The zero-order valence-electron chi connectivity index (χ0n) is 16.7. The topological polar surface area (TPSA) is 44.8 Å². The molecule has 1 fully saturated rings. The molecule has 1 amide bonds. The molecule has 0 bridgehead atoms. The van der Waals surface area contributed by atoms with Crippen LogP contribution in [0.2, 0.25) is 5.02 Å². The van der Waals surface area contributed by atoms with E-state index in [0.29, 0.717) is 26.2 Å². The fraction of sp³-hybridized carbons (Fsp3) is 0.381. The third-order valence-corrected chi connectivity index (χ3v) is 5.46. The van der Waals surface area contributed by atoms with Crippen LogP contribution in [-0.4, -0.2) is 50.1 Å². The molecule has 5 nitrogen and oxygen atoms in total. The van der Waals surface area contributed by atoms with Crippen molar-refractivity contribution in [1.82, 2.24) is 4.90 Å². The molecule has 30 heavy (non-hydrogen) atoms. The van der Waals surface area contributed by atoms with E-state index in [1.54, 1.807) is 14.0 Å². The molecule has 1 unspecified atom stereocenters. The molecule has 9 heteroatoms. The number of halogens is 4. The van der Waals surface area contributed by atoms with Crippen molar-refractivity contribution in [3.8, 4) is 5.75 Å². The Hall–Kier alpha value is -2.45. The van der Waals surface area contributed by atoms with E-state index >= 15 is 0 Å². The number of benzene rings is 2. The van der Waals surface area contributed by atoms with Gasteiger partial charge in [-0.05, 0) is 49.4 Å². The molecule has 0 radical (unpaired) electrons. The number of hydrogen-bond acceptors (Lipinski definition) is 4. The van der Waals surface area contributed by atoms with Gasteiger partial charge in [0.15, 0.2) is 0 Å². The molecule has 2 aromatic rings. The first kappa shape index (κ1) is 22.2. The van der Waals surface area contributed by atoms with Crippen molar-refractivity contribution >= 4 is 28.9 Å². The minimum atomic E-state index is -4.61. The summed E-state index contributed by atoms with van der Waals surface area (Å²) in [5.74, 6) is 0.295. The first-order valence-electron chi connectivity index (χ1n) is 9.49. The molecule has 1 aliphatic rings. The molecule has 1 saturated heterocycles. The van der Waals surface area contributed by atoms with E-state index in [-0.39, 0.29) is 10.7 Å². The molecule has 0 aromatic heterocycles. The maximum atomic E-state index is 13.3. The maximum Gasteiger partial charge on any atom is 0.418 e. The summed E-state index contributed by atoms with van der Waals surface area (Å²) in [6, 6.07) is 10.5. The van der Waals surface area contributed by atoms with Crippen molar-refractivity contribution in [1.29, 1.82) is 0 Å². The average molecular weight is 442 g/mol. The molecule has 1 heterocycles. The second-order valence-corrected chi connectivity index (χ2v) is 7.51. The number of alkyl halides is 3. The van der Waals surface area contributed by atoms with Gasteiger partial charge < -0.3 is 15.0 Å². The van der Waals surface area contributed by atoms with E-state index < -0.39 is 23.7 Å². The van der Waals surface area contributed by atoms with Crippen molar-refractivity contribution in [2.45, 2.75) is 19.1 Å². The third-order valence-electron chi connectivity index (χ3n) is 5.22. The smallest absolute Gasteiger partial charge is 0.418 e. The summed E-state index contributed by atoms with van der Waals surface area (Å²) in [5, 5.41) is 2.37. The fourth-order valence-corrected chi connectivity index (χ4v) is 3.60. The van der Waals surface area contributed by atoms with Crippen LogP contribution in [0, 0.1) is 0 Å². The maximum absolute atomic E-state index is 13.3. The van der Waals surface area contributed by atoms with Crippen molar-refractivity contribution in [2.75, 3.05) is 43.5 Å². The lowest BCUT2D eigenvalue weighted by molar-refractivity contribution is -0.137. The number of anilines is 2. The Kier molecular flexibility index (Phi) is 6.77. The first-order chi connectivity index (χ1) is 14.2. The van der Waals surface area contributed by atoms with E-state index in [1.807, 2.05) is 29.2 Å². The minimum absolute atomic E-state index is 0.0389. The minimum Gasteiger partial charge on any atom is -0.497 e. The number of nitrogens with one attached hydrogen (secondary N) is 1. The van der Waals surface area contributed by atoms with Gasteiger partial charge in [0, 0.05) is 36.9 Å². The summed E-state index contributed by atoms with van der Waals surface area (Å²) >= 11 is 5.69. The zero-order chi connectivity index (χ0) is 21.9. The molecule has 0 aliphatic carbocycles. The Bertz CT molecular complexity index is 882. The zero-order valence-corrected chi connectivity index (χ0v) is 17.4. The van der Waals surface area contributed by atoms with Gasteiger partial charge in [-0.2, -0.15) is 13.2 Å². The van der Waals surface area contributed by atoms with Gasteiger partial charge in [-0.1, -0.05) is 11.6 Å². The largest absolute Gasteiger partial charge is 0.497 e. The average Bonchev–Trinajstić information content (AvgIpc) is 2.74. The van der Waals surface area contributed by atoms with Gasteiger partial charge in [-0.3, -0.25) is 9.69 Å². The van der Waals surface area contributed by atoms with E-state index in [1.165, 1.54) is 12.1 Å². The number of nitrogens with zero attached hydrogens (tertiary/aromatic N) is 2. The highest BCUT2D eigenvalue weighted by Gasteiger charge is 2.35. The SMILES string of the molecule is COc1ccc(N2CCN(C(C)C(=O)Nc3ccc(Cl)cc3C(F)(F)F)CC2)cc1. The van der Waals surface area contributed by atoms with Crippen LogP contribution >= 0.6 is 11.6 Å². The van der Waals surface area contributed by atoms with Gasteiger partial charge in [-0.15, -0.1) is 0 Å². The van der Waals surface area contributed by atoms with E-state index in [2.05, 4.69) is 10.2 Å². The van der Waals surface area contributed by atoms with E-state index in [0.717, 1.165) is 17.5 Å². The number of carbonyl (C=O) groups is 1. The van der Waals surface area contributed by atoms with Crippen molar-refractivity contribution in [3.05, 3.63) is 53.1 Å². The summed E-state index contributed by atoms with van der Waals surface area (Å²) in [6.45, 7) is 4.35. The Morgan fingerprint density at radius 1 is 1.10 bits per heavy atom. The third kappa shape index (κ3) is 5.17. The van der Waals surface area contributed by atoms with Gasteiger partial charge >= 0.3 is 6.18 Å². The lowest BCUT2D eigenvalue weighted by Crippen LogP contribution is -2.52. The Morgan fingerprint density at radius 3 is 2.30 bits per heavy atom. The highest BCUT2D eigenvalue weighted by molar-refractivity contribution is 6.30. The van der Waals surface area contributed by atoms with Gasteiger partial charge in [0.05, 0.1) is 24.4 Å². The normalized spacial score (nSPS) is 16.3. The van der Waals surface area contributed by atoms with Crippen molar-refractivity contribution in [3.63, 3.8) is 0 Å². The number of rotatable bonds is 5. The highest BCUT2D eigenvalue weighted by atomic mass is 35.5. The Morgan fingerprint density at radius 2 is 1.73 bits per heavy atom. The second-order valence-electron chi connectivity index (χ2n) is 7.07. The molecule has 1 N–H and O–H groups in total. The molecule has 162 valence electrons. The molecule has 0 saturated carbocycles. The lowest BCUT2D eigenvalue weighted by atomic mass is 10.1. The number of amides is 1. The quantitative estimate of drug-likeness (QED) is 0.741. The van der Waals surface area contributed by atoms with Crippen molar-refractivity contribution in [2.24, 2.45) is 0 Å². The Labute approximate surface area is 178 Å². The summed E-state index contributed by atoms with van der Waals surface area (Å²) in [6.07, 6.45) is -4.61. The molecular weight excluding hydrogens is 419 g/mol. The Balaban J connectivity index is 1.61. The molecule has 0 spiro atoms. The number of piperazine rings is 1. The predicted octanol–water partition coefficient (Wildman–Crippen LogP) is 4.52. The van der Waals surface area contributed by atoms with Crippen LogP contribution in [0.5, 0.6) is 5.75 Å². The summed E-state index contributed by atoms with van der Waals surface area (Å²) in [5.41, 5.74) is -0.191. The van der Waals surface area contributed by atoms with E-state index in [9.17, 15) is 18.0 Å². The van der Waals surface area contributed by atoms with Crippen LogP contribution in [0.25, 0.3) is 0 Å². The van der Waals surface area contributed by atoms with Crippen molar-refractivity contribution < 1.29 is 22.7 Å². The van der Waals surface area contributed by atoms with Crippen LogP contribution < -0.4 is 15.0 Å². The predicted molar refractivity (Wildman–Crippen MR) is 111 cm³/mol. The molecule has 3 rings (SSSR count). The van der Waals surface area contributed by atoms with Gasteiger partial charge in [0.25, 0.3) is 0 Å². The number of ether oxygens (including phenoxy) is 1. The van der Waals surface area contributed by atoms with Crippen LogP contribution in [0.4, 0.5) is 24.5 Å². The second kappa shape index (κ2) is 9.14.